The van der Waals surface area contributed by atoms with Crippen molar-refractivity contribution in [3.05, 3.63) is 11.3 Å². The van der Waals surface area contributed by atoms with Gasteiger partial charge in [0.05, 0.1) is 7.11 Å². The van der Waals surface area contributed by atoms with E-state index in [0.29, 0.717) is 18.5 Å². The molecule has 0 aromatic heterocycles. The first kappa shape index (κ1) is 15.0. The van der Waals surface area contributed by atoms with Crippen LogP contribution in [0.25, 0.3) is 0 Å². The van der Waals surface area contributed by atoms with Crippen LogP contribution in [-0.2, 0) is 19.1 Å². The van der Waals surface area contributed by atoms with E-state index in [-0.39, 0.29) is 5.57 Å². The lowest BCUT2D eigenvalue weighted by Crippen LogP contribution is -2.32. The van der Waals surface area contributed by atoms with E-state index in [0.717, 1.165) is 0 Å². The van der Waals surface area contributed by atoms with E-state index < -0.39 is 23.6 Å². The van der Waals surface area contributed by atoms with Crippen molar-refractivity contribution in [1.82, 2.24) is 5.32 Å². The maximum atomic E-state index is 11.9. The number of hydrogen-bond acceptors (Lipinski definition) is 6. The minimum Gasteiger partial charge on any atom is -0.467 e. The number of ether oxygens (including phenoxy) is 2. The van der Waals surface area contributed by atoms with Gasteiger partial charge in [-0.3, -0.25) is 0 Å². The highest BCUT2D eigenvalue weighted by atomic mass is 16.6. The van der Waals surface area contributed by atoms with Crippen molar-refractivity contribution in [3.63, 3.8) is 0 Å². The van der Waals surface area contributed by atoms with Gasteiger partial charge in [-0.15, -0.1) is 0 Å². The van der Waals surface area contributed by atoms with E-state index in [9.17, 15) is 9.59 Å². The van der Waals surface area contributed by atoms with Crippen LogP contribution >= 0.6 is 0 Å². The minimum absolute atomic E-state index is 0.0821. The Morgan fingerprint density at radius 3 is 2.53 bits per heavy atom. The molecule has 0 saturated carbocycles. The highest BCUT2D eigenvalue weighted by Gasteiger charge is 2.31. The second kappa shape index (κ2) is 5.74. The first-order chi connectivity index (χ1) is 8.78. The Bertz CT molecular complexity index is 454. The second-order valence-electron chi connectivity index (χ2n) is 5.23. The number of nitrogens with one attached hydrogen (secondary N) is 1. The Kier molecular flexibility index (Phi) is 4.54. The zero-order valence-corrected chi connectivity index (χ0v) is 11.6. The lowest BCUT2D eigenvalue weighted by Gasteiger charge is -2.19. The molecule has 6 heteroatoms. The molecule has 0 aromatic carbocycles. The Balaban J connectivity index is 2.86. The van der Waals surface area contributed by atoms with Crippen molar-refractivity contribution in [3.8, 4) is 6.07 Å². The number of methoxy groups -OCH3 is 1. The van der Waals surface area contributed by atoms with Crippen molar-refractivity contribution in [2.45, 2.75) is 45.3 Å². The molecule has 0 aromatic rings. The molecule has 19 heavy (non-hydrogen) atoms. The van der Waals surface area contributed by atoms with Crippen LogP contribution in [0.5, 0.6) is 0 Å². The number of rotatable bonds is 2. The molecule has 1 aliphatic heterocycles. The Labute approximate surface area is 112 Å². The minimum atomic E-state index is -0.678. The molecule has 1 heterocycles. The quantitative estimate of drug-likeness (QED) is 0.456. The van der Waals surface area contributed by atoms with E-state index in [1.165, 1.54) is 7.11 Å². The molecule has 1 rings (SSSR count). The van der Waals surface area contributed by atoms with Crippen LogP contribution in [0.2, 0.25) is 0 Å². The Morgan fingerprint density at radius 1 is 1.42 bits per heavy atom. The summed E-state index contributed by atoms with van der Waals surface area (Å²) in [6, 6.07) is 1.33. The number of esters is 2. The fourth-order valence-electron chi connectivity index (χ4n) is 1.72. The molecule has 1 N–H and O–H groups in total. The third-order valence-electron chi connectivity index (χ3n) is 2.53. The fourth-order valence-corrected chi connectivity index (χ4v) is 1.72. The number of nitriles is 1. The van der Waals surface area contributed by atoms with Crippen molar-refractivity contribution in [2.24, 2.45) is 0 Å². The molecule has 1 aliphatic rings. The molecule has 0 bridgehead atoms. The Morgan fingerprint density at radius 2 is 2.05 bits per heavy atom. The molecule has 0 spiro atoms. The smallest absolute Gasteiger partial charge is 0.351 e. The average Bonchev–Trinajstić information content (AvgIpc) is 2.76. The van der Waals surface area contributed by atoms with Gasteiger partial charge in [-0.25, -0.2) is 9.59 Å². The second-order valence-corrected chi connectivity index (χ2v) is 5.23. The summed E-state index contributed by atoms with van der Waals surface area (Å²) in [7, 11) is 1.30. The van der Waals surface area contributed by atoms with Gasteiger partial charge in [-0.05, 0) is 33.6 Å². The lowest BCUT2D eigenvalue weighted by atomic mass is 10.1. The normalized spacial score (nSPS) is 21.1. The van der Waals surface area contributed by atoms with E-state index in [1.807, 2.05) is 6.07 Å². The van der Waals surface area contributed by atoms with Crippen LogP contribution < -0.4 is 5.32 Å². The molecular weight excluding hydrogens is 248 g/mol. The molecule has 1 fully saturated rings. The van der Waals surface area contributed by atoms with Gasteiger partial charge in [0.2, 0.25) is 0 Å². The Hall–Kier alpha value is -2.03. The summed E-state index contributed by atoms with van der Waals surface area (Å²) >= 11 is 0. The number of nitrogens with zero attached hydrogens (tertiary/aromatic N) is 1. The van der Waals surface area contributed by atoms with Gasteiger partial charge in [0.1, 0.15) is 17.7 Å². The maximum Gasteiger partial charge on any atom is 0.351 e. The predicted octanol–water partition coefficient (Wildman–Crippen LogP) is 1.03. The molecule has 0 radical (unpaired) electrons. The van der Waals surface area contributed by atoms with Crippen LogP contribution in [0.1, 0.15) is 33.6 Å². The summed E-state index contributed by atoms with van der Waals surface area (Å²) in [4.78, 5) is 23.2. The topological polar surface area (TPSA) is 88.4 Å². The molecule has 0 amide bonds. The fraction of sp³-hybridized carbons (Fsp3) is 0.615. The maximum absolute atomic E-state index is 11.9. The SMILES string of the molecule is COC(=O)C1CCC(=C(C#N)C(=O)OC(C)(C)C)N1. The molecule has 104 valence electrons. The van der Waals surface area contributed by atoms with Crippen molar-refractivity contribution >= 4 is 11.9 Å². The monoisotopic (exact) mass is 266 g/mol. The third kappa shape index (κ3) is 3.98. The van der Waals surface area contributed by atoms with Crippen LogP contribution in [-0.4, -0.2) is 30.7 Å². The van der Waals surface area contributed by atoms with E-state index in [2.05, 4.69) is 10.1 Å². The summed E-state index contributed by atoms with van der Waals surface area (Å²) in [6.07, 6.45) is 0.942. The van der Waals surface area contributed by atoms with Gasteiger partial charge >= 0.3 is 11.9 Å². The molecule has 1 atom stereocenters. The third-order valence-corrected chi connectivity index (χ3v) is 2.53. The zero-order valence-electron chi connectivity index (χ0n) is 11.6. The van der Waals surface area contributed by atoms with Crippen LogP contribution in [0.3, 0.4) is 0 Å². The summed E-state index contributed by atoms with van der Waals surface area (Å²) in [5, 5.41) is 11.9. The summed E-state index contributed by atoms with van der Waals surface area (Å²) in [5.74, 6) is -1.08. The van der Waals surface area contributed by atoms with Crippen molar-refractivity contribution < 1.29 is 19.1 Å². The highest BCUT2D eigenvalue weighted by Crippen LogP contribution is 2.21. The van der Waals surface area contributed by atoms with Gasteiger partial charge in [0.15, 0.2) is 5.57 Å². The van der Waals surface area contributed by atoms with Crippen LogP contribution in [0, 0.1) is 11.3 Å². The van der Waals surface area contributed by atoms with Gasteiger partial charge < -0.3 is 14.8 Å². The van der Waals surface area contributed by atoms with Gasteiger partial charge in [0, 0.05) is 5.70 Å². The number of carbonyl (C=O) groups is 2. The number of carbonyl (C=O) groups excluding carboxylic acids is 2. The van der Waals surface area contributed by atoms with Crippen molar-refractivity contribution in [2.75, 3.05) is 7.11 Å². The molecule has 1 unspecified atom stereocenters. The average molecular weight is 266 g/mol. The van der Waals surface area contributed by atoms with Gasteiger partial charge in [0.25, 0.3) is 0 Å². The first-order valence-corrected chi connectivity index (χ1v) is 5.99. The lowest BCUT2D eigenvalue weighted by molar-refractivity contribution is -0.149. The van der Waals surface area contributed by atoms with E-state index in [4.69, 9.17) is 10.00 Å². The predicted molar refractivity (Wildman–Crippen MR) is 66.7 cm³/mol. The number of allylic oxidation sites excluding steroid dienone is 1. The van der Waals surface area contributed by atoms with Crippen molar-refractivity contribution in [1.29, 1.82) is 5.26 Å². The molecule has 0 aliphatic carbocycles. The van der Waals surface area contributed by atoms with Gasteiger partial charge in [-0.2, -0.15) is 5.26 Å². The van der Waals surface area contributed by atoms with Crippen LogP contribution in [0.4, 0.5) is 0 Å². The summed E-state index contributed by atoms with van der Waals surface area (Å²) < 4.78 is 9.76. The van der Waals surface area contributed by atoms with Gasteiger partial charge in [-0.1, -0.05) is 0 Å². The van der Waals surface area contributed by atoms with E-state index in [1.54, 1.807) is 20.8 Å². The molecular formula is C13H18N2O4. The highest BCUT2D eigenvalue weighted by molar-refractivity contribution is 5.94. The standard InChI is InChI=1S/C13H18N2O4/c1-13(2,3)19-11(16)8(7-14)9-5-6-10(15-9)12(17)18-4/h10,15H,5-6H2,1-4H3. The molecule has 6 nitrogen and oxygen atoms in total. The summed E-state index contributed by atoms with van der Waals surface area (Å²) in [5.41, 5.74) is -0.311. The summed E-state index contributed by atoms with van der Waals surface area (Å²) in [6.45, 7) is 5.18. The zero-order chi connectivity index (χ0) is 14.6. The van der Waals surface area contributed by atoms with E-state index >= 15 is 0 Å². The molecule has 1 saturated heterocycles. The first-order valence-electron chi connectivity index (χ1n) is 5.99. The number of hydrogen-bond donors (Lipinski definition) is 1. The van der Waals surface area contributed by atoms with Crippen LogP contribution in [0.15, 0.2) is 11.3 Å². The largest absolute Gasteiger partial charge is 0.467 e.